The summed E-state index contributed by atoms with van der Waals surface area (Å²) in [5.74, 6) is -0.984. The fourth-order valence-corrected chi connectivity index (χ4v) is 4.48. The number of carbonyl (C=O) groups excluding carboxylic acids is 2. The maximum atomic E-state index is 13.7. The lowest BCUT2D eigenvalue weighted by Gasteiger charge is -2.29. The molecule has 2 amide bonds. The fourth-order valence-electron chi connectivity index (χ4n) is 4.48. The van der Waals surface area contributed by atoms with Crippen LogP contribution in [0, 0.1) is 5.92 Å². The zero-order valence-electron chi connectivity index (χ0n) is 18.0. The van der Waals surface area contributed by atoms with Crippen LogP contribution in [0.2, 0.25) is 0 Å². The second kappa shape index (κ2) is 8.14. The number of carbonyl (C=O) groups is 2. The third kappa shape index (κ3) is 3.27. The summed E-state index contributed by atoms with van der Waals surface area (Å²) in [6, 6.07) is 20.4. The summed E-state index contributed by atoms with van der Waals surface area (Å²) in [7, 11) is 2.94. The predicted molar refractivity (Wildman–Crippen MR) is 120 cm³/mol. The second-order valence-electron chi connectivity index (χ2n) is 7.77. The zero-order chi connectivity index (χ0) is 23.1. The lowest BCUT2D eigenvalue weighted by Crippen LogP contribution is -2.37. The molecule has 2 heterocycles. The van der Waals surface area contributed by atoms with Gasteiger partial charge in [-0.25, -0.2) is 9.96 Å². The zero-order valence-corrected chi connectivity index (χ0v) is 18.0. The molecular weight excluding hydrogens is 424 g/mol. The van der Waals surface area contributed by atoms with Crippen LogP contribution in [0.4, 0.5) is 11.4 Å². The van der Waals surface area contributed by atoms with Crippen molar-refractivity contribution >= 4 is 23.2 Å². The highest BCUT2D eigenvalue weighted by Crippen LogP contribution is 2.49. The normalized spacial score (nSPS) is 21.9. The molecule has 2 aliphatic rings. The van der Waals surface area contributed by atoms with Gasteiger partial charge in [-0.15, -0.1) is 0 Å². The number of amides is 2. The van der Waals surface area contributed by atoms with Crippen molar-refractivity contribution in [1.29, 1.82) is 0 Å². The fraction of sp³-hybridized carbons (Fsp3) is 0.200. The van der Waals surface area contributed by atoms with E-state index < -0.39 is 24.0 Å². The van der Waals surface area contributed by atoms with Crippen LogP contribution in [-0.2, 0) is 14.4 Å². The van der Waals surface area contributed by atoms with Crippen molar-refractivity contribution in [2.24, 2.45) is 5.92 Å². The van der Waals surface area contributed by atoms with Gasteiger partial charge in [-0.2, -0.15) is 0 Å². The van der Waals surface area contributed by atoms with Gasteiger partial charge in [0.15, 0.2) is 17.6 Å². The molecule has 3 atom stereocenters. The van der Waals surface area contributed by atoms with E-state index in [2.05, 4.69) is 0 Å². The van der Waals surface area contributed by atoms with Crippen molar-refractivity contribution in [2.45, 2.75) is 12.1 Å². The van der Waals surface area contributed by atoms with E-state index in [0.29, 0.717) is 22.7 Å². The van der Waals surface area contributed by atoms with Crippen LogP contribution in [0.5, 0.6) is 17.2 Å². The number of hydroxylamine groups is 1. The molecule has 33 heavy (non-hydrogen) atoms. The summed E-state index contributed by atoms with van der Waals surface area (Å²) >= 11 is 0. The first-order chi connectivity index (χ1) is 16.0. The number of methoxy groups -OCH3 is 2. The minimum absolute atomic E-state index is 0.0209. The van der Waals surface area contributed by atoms with Gasteiger partial charge in [0.25, 0.3) is 5.91 Å². The van der Waals surface area contributed by atoms with Crippen LogP contribution < -0.4 is 19.4 Å². The van der Waals surface area contributed by atoms with Gasteiger partial charge in [0, 0.05) is 0 Å². The van der Waals surface area contributed by atoms with Crippen LogP contribution in [-0.4, -0.2) is 37.2 Å². The van der Waals surface area contributed by atoms with Crippen molar-refractivity contribution in [1.82, 2.24) is 0 Å². The van der Waals surface area contributed by atoms with E-state index in [1.807, 2.05) is 30.3 Å². The number of fused-ring (bicyclic) bond motifs is 1. The molecule has 2 fully saturated rings. The summed E-state index contributed by atoms with van der Waals surface area (Å²) in [5, 5.41) is 11.7. The summed E-state index contributed by atoms with van der Waals surface area (Å²) in [6.07, 6.45) is -1.01. The molecule has 3 aromatic carbocycles. The molecule has 2 aliphatic heterocycles. The van der Waals surface area contributed by atoms with Crippen LogP contribution in [0.15, 0.2) is 72.8 Å². The topological polar surface area (TPSA) is 88.5 Å². The highest BCUT2D eigenvalue weighted by molar-refractivity contribution is 6.24. The molecule has 168 valence electrons. The van der Waals surface area contributed by atoms with Gasteiger partial charge in [0.05, 0.1) is 31.6 Å². The van der Waals surface area contributed by atoms with Crippen LogP contribution in [0.1, 0.15) is 11.6 Å². The Balaban J connectivity index is 1.62. The molecule has 2 saturated heterocycles. The molecule has 0 radical (unpaired) electrons. The van der Waals surface area contributed by atoms with Crippen molar-refractivity contribution in [3.63, 3.8) is 0 Å². The number of phenolic OH excluding ortho intramolecular Hbond substituents is 1. The van der Waals surface area contributed by atoms with Gasteiger partial charge in [-0.1, -0.05) is 36.4 Å². The Morgan fingerprint density at radius 3 is 2.27 bits per heavy atom. The van der Waals surface area contributed by atoms with E-state index in [4.69, 9.17) is 14.3 Å². The Kier molecular flexibility index (Phi) is 5.14. The number of anilines is 2. The van der Waals surface area contributed by atoms with Gasteiger partial charge in [-0.3, -0.25) is 14.4 Å². The smallest absolute Gasteiger partial charge is 0.266 e. The summed E-state index contributed by atoms with van der Waals surface area (Å²) in [6.45, 7) is 0. The summed E-state index contributed by atoms with van der Waals surface area (Å²) in [4.78, 5) is 34.4. The first-order valence-electron chi connectivity index (χ1n) is 10.4. The van der Waals surface area contributed by atoms with Crippen molar-refractivity contribution < 1.29 is 29.0 Å². The Labute approximate surface area is 190 Å². The number of aromatic hydroxyl groups is 1. The van der Waals surface area contributed by atoms with Gasteiger partial charge < -0.3 is 14.6 Å². The van der Waals surface area contributed by atoms with E-state index in [1.54, 1.807) is 41.5 Å². The first kappa shape index (κ1) is 20.8. The molecule has 8 nitrogen and oxygen atoms in total. The van der Waals surface area contributed by atoms with Crippen LogP contribution in [0.3, 0.4) is 0 Å². The van der Waals surface area contributed by atoms with E-state index in [9.17, 15) is 14.7 Å². The average molecular weight is 446 g/mol. The number of hydrogen-bond acceptors (Lipinski definition) is 7. The number of benzene rings is 3. The first-order valence-corrected chi connectivity index (χ1v) is 10.4. The molecule has 0 aromatic heterocycles. The molecule has 0 spiro atoms. The molecular formula is C25H22N2O6. The highest BCUT2D eigenvalue weighted by Gasteiger charge is 2.60. The lowest BCUT2D eigenvalue weighted by molar-refractivity contribution is -0.126. The Hall–Kier alpha value is -4.04. The van der Waals surface area contributed by atoms with E-state index >= 15 is 0 Å². The minimum atomic E-state index is -1.01. The number of para-hydroxylation sites is 3. The molecule has 0 saturated carbocycles. The quantitative estimate of drug-likeness (QED) is 0.601. The maximum absolute atomic E-state index is 13.7. The Morgan fingerprint density at radius 2 is 1.55 bits per heavy atom. The number of phenols is 1. The third-order valence-electron chi connectivity index (χ3n) is 6.00. The van der Waals surface area contributed by atoms with Crippen molar-refractivity contribution in [3.8, 4) is 17.2 Å². The molecule has 1 N–H and O–H groups in total. The maximum Gasteiger partial charge on any atom is 0.266 e. The predicted octanol–water partition coefficient (Wildman–Crippen LogP) is 3.46. The summed E-state index contributed by atoms with van der Waals surface area (Å²) < 4.78 is 10.7. The standard InChI is InChI=1S/C25H22N2O6/c1-31-19-11-7-6-10-17(19)26-24(29)21-22(15-12-13-18(28)20(14-15)32-2)27(33-23(21)25(26)30)16-8-4-3-5-9-16/h3-14,21-23,28H,1-2H3/t21-,22-,23-/m0/s1. The molecule has 0 bridgehead atoms. The third-order valence-corrected chi connectivity index (χ3v) is 6.00. The molecule has 0 aliphatic carbocycles. The Morgan fingerprint density at radius 1 is 0.848 bits per heavy atom. The van der Waals surface area contributed by atoms with Gasteiger partial charge in [0.1, 0.15) is 11.7 Å². The number of rotatable bonds is 5. The number of hydrogen-bond donors (Lipinski definition) is 1. The Bertz CT molecular complexity index is 1210. The summed E-state index contributed by atoms with van der Waals surface area (Å²) in [5.41, 5.74) is 1.75. The minimum Gasteiger partial charge on any atom is -0.504 e. The molecule has 8 heteroatoms. The van der Waals surface area contributed by atoms with Gasteiger partial charge in [0.2, 0.25) is 5.91 Å². The average Bonchev–Trinajstić information content (AvgIpc) is 3.36. The number of imide groups is 1. The molecule has 0 unspecified atom stereocenters. The number of nitrogens with zero attached hydrogens (tertiary/aromatic N) is 2. The van der Waals surface area contributed by atoms with Crippen molar-refractivity contribution in [2.75, 3.05) is 24.2 Å². The van der Waals surface area contributed by atoms with Crippen molar-refractivity contribution in [3.05, 3.63) is 78.4 Å². The molecule has 5 rings (SSSR count). The lowest BCUT2D eigenvalue weighted by atomic mass is 9.90. The van der Waals surface area contributed by atoms with Gasteiger partial charge in [-0.05, 0) is 42.0 Å². The largest absolute Gasteiger partial charge is 0.504 e. The second-order valence-corrected chi connectivity index (χ2v) is 7.77. The van der Waals surface area contributed by atoms with Gasteiger partial charge >= 0.3 is 0 Å². The van der Waals surface area contributed by atoms with E-state index in [1.165, 1.54) is 20.3 Å². The highest BCUT2D eigenvalue weighted by atomic mass is 16.7. The SMILES string of the molecule is COc1cc([C@H]2[C@@H]3C(=O)N(c4ccccc4OC)C(=O)[C@H]3ON2c2ccccc2)ccc1O. The molecule has 3 aromatic rings. The van der Waals surface area contributed by atoms with Crippen LogP contribution >= 0.6 is 0 Å². The van der Waals surface area contributed by atoms with Crippen LogP contribution in [0.25, 0.3) is 0 Å². The number of ether oxygens (including phenoxy) is 2. The van der Waals surface area contributed by atoms with E-state index in [0.717, 1.165) is 4.90 Å². The van der Waals surface area contributed by atoms with E-state index in [-0.39, 0.29) is 17.4 Å². The monoisotopic (exact) mass is 446 g/mol.